The molecule has 0 spiro atoms. The van der Waals surface area contributed by atoms with Gasteiger partial charge in [-0.3, -0.25) is 0 Å². The van der Waals surface area contributed by atoms with Crippen molar-refractivity contribution in [3.8, 4) is 0 Å². The summed E-state index contributed by atoms with van der Waals surface area (Å²) in [5, 5.41) is -1.34. The van der Waals surface area contributed by atoms with Gasteiger partial charge in [0.2, 0.25) is 0 Å². The fourth-order valence-electron chi connectivity index (χ4n) is 6.73. The van der Waals surface area contributed by atoms with Crippen LogP contribution in [0.4, 0.5) is 0 Å². The molecule has 0 aromatic carbocycles. The molecule has 0 rings (SSSR count). The standard InChI is InChI=1S/C30H64ClP.C8H20BrP/c1-5-9-13-14-15-16-17-18-19-20-21-22-23-24-25-26-30-32(31,27-10-6-2,28-11-7-3)29-12-8-4;1-5-10(9,6-2,7-3)8-4/h5-30H2,1-4H3;5-8H2,1-4H3. The van der Waals surface area contributed by atoms with Gasteiger partial charge in [-0.15, -0.1) is 0 Å². The molecular formula is C38H84BrClP2. The van der Waals surface area contributed by atoms with Crippen molar-refractivity contribution in [1.82, 2.24) is 0 Å². The normalized spacial score (nSPS) is 14.0. The van der Waals surface area contributed by atoms with Crippen molar-refractivity contribution in [2.75, 3.05) is 49.3 Å². The van der Waals surface area contributed by atoms with Gasteiger partial charge < -0.3 is 0 Å². The van der Waals surface area contributed by atoms with Gasteiger partial charge in [0.25, 0.3) is 0 Å². The van der Waals surface area contributed by atoms with E-state index in [1.807, 2.05) is 0 Å². The van der Waals surface area contributed by atoms with Crippen LogP contribution < -0.4 is 0 Å². The van der Waals surface area contributed by atoms with E-state index >= 15 is 0 Å². The quantitative estimate of drug-likeness (QED) is 0.0512. The molecule has 0 nitrogen and oxygen atoms in total. The summed E-state index contributed by atoms with van der Waals surface area (Å²) in [5.74, 6) is -1.98. The maximum atomic E-state index is 7.73. The zero-order valence-corrected chi connectivity index (χ0v) is 35.0. The van der Waals surface area contributed by atoms with Gasteiger partial charge in [0.1, 0.15) is 0 Å². The van der Waals surface area contributed by atoms with Crippen LogP contribution in [0.2, 0.25) is 0 Å². The van der Waals surface area contributed by atoms with Crippen molar-refractivity contribution in [2.45, 2.75) is 197 Å². The van der Waals surface area contributed by atoms with Gasteiger partial charge in [-0.05, 0) is 0 Å². The summed E-state index contributed by atoms with van der Waals surface area (Å²) in [5.41, 5.74) is 0. The summed E-state index contributed by atoms with van der Waals surface area (Å²) in [7, 11) is 0. The van der Waals surface area contributed by atoms with Gasteiger partial charge in [-0.25, -0.2) is 0 Å². The second-order valence-corrected chi connectivity index (χ2v) is 34.6. The van der Waals surface area contributed by atoms with Crippen molar-refractivity contribution < 1.29 is 0 Å². The third-order valence-corrected chi connectivity index (χ3v) is 31.0. The van der Waals surface area contributed by atoms with E-state index in [0.29, 0.717) is 0 Å². The second-order valence-electron chi connectivity index (χ2n) is 14.2. The molecule has 0 saturated carbocycles. The molecule has 0 N–H and O–H groups in total. The summed E-state index contributed by atoms with van der Waals surface area (Å²) in [6, 6.07) is 0. The Kier molecular flexibility index (Phi) is 30.2. The molecule has 0 aliphatic rings. The third kappa shape index (κ3) is 22.2. The van der Waals surface area contributed by atoms with Crippen LogP contribution in [0.5, 0.6) is 0 Å². The predicted octanol–water partition coefficient (Wildman–Crippen LogP) is 16.3. The van der Waals surface area contributed by atoms with E-state index in [1.165, 1.54) is 191 Å². The molecule has 0 radical (unpaired) electrons. The van der Waals surface area contributed by atoms with Crippen LogP contribution in [0, 0.1) is 0 Å². The van der Waals surface area contributed by atoms with Crippen molar-refractivity contribution in [2.24, 2.45) is 0 Å². The Labute approximate surface area is 282 Å². The van der Waals surface area contributed by atoms with E-state index < -0.39 is 11.3 Å². The van der Waals surface area contributed by atoms with Crippen LogP contribution in [-0.2, 0) is 0 Å². The summed E-state index contributed by atoms with van der Waals surface area (Å²) in [4.78, 5) is 0. The Morgan fingerprint density at radius 3 is 0.762 bits per heavy atom. The Balaban J connectivity index is 0. The molecule has 0 fully saturated rings. The van der Waals surface area contributed by atoms with Gasteiger partial charge in [0.05, 0.1) is 0 Å². The molecule has 0 unspecified atom stereocenters. The van der Waals surface area contributed by atoms with Gasteiger partial charge in [0.15, 0.2) is 0 Å². The minimum atomic E-state index is -1.98. The molecule has 0 bridgehead atoms. The van der Waals surface area contributed by atoms with Crippen molar-refractivity contribution in [3.05, 3.63) is 0 Å². The van der Waals surface area contributed by atoms with Gasteiger partial charge in [-0.2, -0.15) is 0 Å². The molecule has 0 aromatic rings. The summed E-state index contributed by atoms with van der Waals surface area (Å²) >= 11 is 11.7. The molecule has 0 aliphatic heterocycles. The van der Waals surface area contributed by atoms with Crippen LogP contribution >= 0.6 is 38.0 Å². The Bertz CT molecular complexity index is 529. The average Bonchev–Trinajstić information content (AvgIpc) is 3.02. The zero-order chi connectivity index (χ0) is 32.1. The number of rotatable bonds is 30. The van der Waals surface area contributed by atoms with Crippen LogP contribution in [0.15, 0.2) is 0 Å². The van der Waals surface area contributed by atoms with Gasteiger partial charge >= 0.3 is 245 Å². The van der Waals surface area contributed by atoms with E-state index in [-0.39, 0.29) is 0 Å². The maximum absolute atomic E-state index is 7.73. The molecule has 0 amide bonds. The molecule has 0 heterocycles. The van der Waals surface area contributed by atoms with Crippen molar-refractivity contribution >= 4 is 38.0 Å². The zero-order valence-electron chi connectivity index (χ0n) is 30.9. The number of halogens is 2. The molecule has 0 saturated heterocycles. The fraction of sp³-hybridized carbons (Fsp3) is 1.00. The van der Waals surface area contributed by atoms with E-state index in [1.54, 1.807) is 0 Å². The number of hydrogen-bond acceptors (Lipinski definition) is 0. The SMILES string of the molecule is CCCCCCCCCCCCCCCCCCP(Cl)(CCCC)(CCCC)CCCC.CCP(Br)(CC)(CC)CC. The van der Waals surface area contributed by atoms with E-state index in [9.17, 15) is 0 Å². The van der Waals surface area contributed by atoms with E-state index in [4.69, 9.17) is 11.2 Å². The van der Waals surface area contributed by atoms with Gasteiger partial charge in [0, 0.05) is 0 Å². The molecule has 0 aliphatic carbocycles. The Morgan fingerprint density at radius 2 is 0.548 bits per heavy atom. The van der Waals surface area contributed by atoms with E-state index in [0.717, 1.165) is 0 Å². The molecule has 0 atom stereocenters. The van der Waals surface area contributed by atoms with Crippen molar-refractivity contribution in [1.29, 1.82) is 0 Å². The van der Waals surface area contributed by atoms with Crippen LogP contribution in [0.3, 0.4) is 0 Å². The van der Waals surface area contributed by atoms with Crippen LogP contribution in [0.1, 0.15) is 197 Å². The first-order chi connectivity index (χ1) is 20.1. The van der Waals surface area contributed by atoms with Crippen molar-refractivity contribution in [3.63, 3.8) is 0 Å². The van der Waals surface area contributed by atoms with Gasteiger partial charge in [-0.1, -0.05) is 39.0 Å². The predicted molar refractivity (Wildman–Crippen MR) is 215 cm³/mol. The topological polar surface area (TPSA) is 0 Å². The van der Waals surface area contributed by atoms with Crippen LogP contribution in [-0.4, -0.2) is 49.3 Å². The third-order valence-electron chi connectivity index (χ3n) is 10.9. The Morgan fingerprint density at radius 1 is 0.333 bits per heavy atom. The molecule has 0 aromatic heterocycles. The first-order valence-electron chi connectivity index (χ1n) is 19.5. The number of unbranched alkanes of at least 4 members (excludes halogenated alkanes) is 18. The van der Waals surface area contributed by atoms with Crippen LogP contribution in [0.25, 0.3) is 0 Å². The molecule has 260 valence electrons. The summed E-state index contributed by atoms with van der Waals surface area (Å²) < 4.78 is 0. The van der Waals surface area contributed by atoms with E-state index in [2.05, 4.69) is 70.9 Å². The molecule has 42 heavy (non-hydrogen) atoms. The first kappa shape index (κ1) is 45.8. The fourth-order valence-corrected chi connectivity index (χ4v) is 16.5. The number of hydrogen-bond donors (Lipinski definition) is 0. The minimum absolute atomic E-state index is 1.31. The monoisotopic (exact) mass is 716 g/mol. The second kappa shape index (κ2) is 27.7. The summed E-state index contributed by atoms with van der Waals surface area (Å²) in [6.07, 6.45) is 42.1. The summed E-state index contributed by atoms with van der Waals surface area (Å²) in [6.45, 7) is 18.6. The Hall–Kier alpha value is 1.63. The first-order valence-corrected chi connectivity index (χ1v) is 28.4. The average molecular weight is 718 g/mol. The molecular weight excluding hydrogens is 634 g/mol. The molecule has 4 heteroatoms.